The number of hydrogen-bond donors (Lipinski definition) is 0. The van der Waals surface area contributed by atoms with Gasteiger partial charge in [0.15, 0.2) is 0 Å². The Balaban J connectivity index is 0.992. The van der Waals surface area contributed by atoms with Gasteiger partial charge in [0.05, 0.1) is 61.8 Å². The summed E-state index contributed by atoms with van der Waals surface area (Å²) < 4.78 is 54.4. The minimum atomic E-state index is -0.567. The van der Waals surface area contributed by atoms with E-state index in [0.717, 1.165) is 66.0 Å². The first kappa shape index (κ1) is 48.5. The number of rotatable bonds is 0. The van der Waals surface area contributed by atoms with Crippen molar-refractivity contribution in [3.63, 3.8) is 0 Å². The number of hydrogen-bond acceptors (Lipinski definition) is 8. The van der Waals surface area contributed by atoms with E-state index in [2.05, 4.69) is 60.7 Å². The fourth-order valence-corrected chi connectivity index (χ4v) is 11.3. The molecule has 356 valence electrons. The van der Waals surface area contributed by atoms with Crippen molar-refractivity contribution in [1.29, 1.82) is 0 Å². The quantitative estimate of drug-likeness (QED) is 0.191. The molecule has 0 amide bonds. The Kier molecular flexibility index (Phi) is 20.3. The highest BCUT2D eigenvalue weighted by Crippen LogP contribution is 2.55. The summed E-state index contributed by atoms with van der Waals surface area (Å²) in [4.78, 5) is 0. The first-order valence-corrected chi connectivity index (χ1v) is 27.0. The maximum absolute atomic E-state index is 7.00. The molecular weight excluding hydrogens is 810 g/mol. The normalized spacial score (nSPS) is 29.6. The zero-order valence-corrected chi connectivity index (χ0v) is 40.0. The Hall–Kier alpha value is -2.91. The third-order valence-electron chi connectivity index (χ3n) is 15.0. The minimum Gasteiger partial charge on any atom is -0.494 e. The Morgan fingerprint density at radius 1 is 0.308 bits per heavy atom. The molecule has 6 atom stereocenters. The molecule has 10 rings (SSSR count). The molecule has 6 heterocycles. The van der Waals surface area contributed by atoms with Crippen molar-refractivity contribution in [3.05, 3.63) is 60.7 Å². The SMILES string of the molecule is C1=CCCCCCCCCOc2cccc3c2B2O[C@@H]4C5CC([C@H]6OB(O[C@@H]56)c5c(cccc5OCCCCCCCC/C=C\CCCCCCCCO3)OCCCCCCCC1)[C@@H]4O2. The van der Waals surface area contributed by atoms with Crippen molar-refractivity contribution in [2.45, 2.75) is 211 Å². The lowest BCUT2D eigenvalue weighted by atomic mass is 9.77. The predicted molar refractivity (Wildman–Crippen MR) is 264 cm³/mol. The molecule has 10 bridgehead atoms. The summed E-state index contributed by atoms with van der Waals surface area (Å²) in [5, 5.41) is 0. The van der Waals surface area contributed by atoms with Crippen LogP contribution in [0.3, 0.4) is 0 Å². The summed E-state index contributed by atoms with van der Waals surface area (Å²) in [6.45, 7) is 2.68. The molecule has 2 saturated carbocycles. The molecule has 2 saturated heterocycles. The van der Waals surface area contributed by atoms with E-state index in [4.69, 9.17) is 37.6 Å². The summed E-state index contributed by atoms with van der Waals surface area (Å²) in [6, 6.07) is 12.4. The maximum atomic E-state index is 7.00. The van der Waals surface area contributed by atoms with Crippen LogP contribution in [-0.2, 0) is 18.6 Å². The lowest BCUT2D eigenvalue weighted by Crippen LogP contribution is -2.44. The number of fused-ring (bicyclic) bond motifs is 36. The third kappa shape index (κ3) is 14.1. The maximum Gasteiger partial charge on any atom is 0.502 e. The fourth-order valence-electron chi connectivity index (χ4n) is 11.3. The van der Waals surface area contributed by atoms with Crippen LogP contribution in [0.4, 0.5) is 0 Å². The smallest absolute Gasteiger partial charge is 0.494 e. The largest absolute Gasteiger partial charge is 0.502 e. The Labute approximate surface area is 393 Å². The molecule has 2 unspecified atom stereocenters. The van der Waals surface area contributed by atoms with Crippen molar-refractivity contribution >= 4 is 25.2 Å². The molecule has 2 aromatic rings. The van der Waals surface area contributed by atoms with E-state index in [1.54, 1.807) is 0 Å². The van der Waals surface area contributed by atoms with Gasteiger partial charge in [0, 0.05) is 11.8 Å². The van der Waals surface area contributed by atoms with Crippen LogP contribution >= 0.6 is 0 Å². The number of benzene rings is 2. The van der Waals surface area contributed by atoms with Gasteiger partial charge in [0.1, 0.15) is 23.0 Å². The second-order valence-electron chi connectivity index (χ2n) is 19.9. The van der Waals surface area contributed by atoms with Gasteiger partial charge < -0.3 is 37.6 Å². The molecular formula is C55H82B2O8. The standard InChI is InChI=1S/C55H82B2O8/c1-2-6-10-14-18-22-26-30-40-59-47-36-34-38-49-51(47)57-64-54-44-43-45(55(54)65-57)53-52(44)62-56(63-53)50-46(58-39-29-25-21-17-13-9-5-1)35-33-37-48(50)60-41-31-27-23-19-15-11-7-3-4-8-12-16-20-24-28-32-42-61-49/h1-4,33-38,44-45,52-55H,5-32,39-43H2/b2-1-,4-3?/t44?,45?,52-,53+,54+,55-. The van der Waals surface area contributed by atoms with Crippen molar-refractivity contribution in [1.82, 2.24) is 0 Å². The molecule has 2 aliphatic carbocycles. The Morgan fingerprint density at radius 3 is 0.831 bits per heavy atom. The van der Waals surface area contributed by atoms with Gasteiger partial charge in [-0.15, -0.1) is 0 Å². The lowest BCUT2D eigenvalue weighted by molar-refractivity contribution is -0.00476. The van der Waals surface area contributed by atoms with Gasteiger partial charge in [0.25, 0.3) is 0 Å². The minimum absolute atomic E-state index is 0.0861. The van der Waals surface area contributed by atoms with E-state index in [-0.39, 0.29) is 36.3 Å². The first-order valence-electron chi connectivity index (χ1n) is 27.0. The summed E-state index contributed by atoms with van der Waals surface area (Å²) in [6.07, 6.45) is 44.4. The summed E-state index contributed by atoms with van der Waals surface area (Å²) in [5.74, 6) is 3.59. The lowest BCUT2D eigenvalue weighted by Gasteiger charge is -2.31. The van der Waals surface area contributed by atoms with E-state index in [1.807, 2.05) is 0 Å². The van der Waals surface area contributed by atoms with Crippen molar-refractivity contribution < 1.29 is 37.6 Å². The Bertz CT molecular complexity index is 1500. The summed E-state index contributed by atoms with van der Waals surface area (Å²) in [5.41, 5.74) is 1.79. The van der Waals surface area contributed by atoms with Gasteiger partial charge >= 0.3 is 14.2 Å². The topological polar surface area (TPSA) is 73.8 Å². The highest BCUT2D eigenvalue weighted by molar-refractivity contribution is 6.64. The number of ether oxygens (including phenoxy) is 4. The second-order valence-corrected chi connectivity index (χ2v) is 19.9. The third-order valence-corrected chi connectivity index (χ3v) is 15.0. The van der Waals surface area contributed by atoms with Gasteiger partial charge in [-0.2, -0.15) is 0 Å². The van der Waals surface area contributed by atoms with Gasteiger partial charge in [-0.25, -0.2) is 0 Å². The van der Waals surface area contributed by atoms with Crippen LogP contribution in [0, 0.1) is 11.8 Å². The van der Waals surface area contributed by atoms with Crippen LogP contribution in [0.2, 0.25) is 0 Å². The van der Waals surface area contributed by atoms with E-state index in [0.29, 0.717) is 26.4 Å². The zero-order chi connectivity index (χ0) is 44.1. The monoisotopic (exact) mass is 893 g/mol. The van der Waals surface area contributed by atoms with Gasteiger partial charge in [-0.1, -0.05) is 139 Å². The van der Waals surface area contributed by atoms with E-state index in [9.17, 15) is 0 Å². The molecule has 0 N–H and O–H groups in total. The summed E-state index contributed by atoms with van der Waals surface area (Å²) >= 11 is 0. The van der Waals surface area contributed by atoms with Crippen molar-refractivity contribution in [3.8, 4) is 23.0 Å². The molecule has 65 heavy (non-hydrogen) atoms. The molecule has 0 spiro atoms. The van der Waals surface area contributed by atoms with E-state index >= 15 is 0 Å². The molecule has 4 fully saturated rings. The molecule has 8 nitrogen and oxygen atoms in total. The van der Waals surface area contributed by atoms with Crippen LogP contribution < -0.4 is 29.9 Å². The molecule has 2 aromatic carbocycles. The Morgan fingerprint density at radius 2 is 0.554 bits per heavy atom. The highest BCUT2D eigenvalue weighted by Gasteiger charge is 2.68. The molecule has 10 heteroatoms. The van der Waals surface area contributed by atoms with Crippen molar-refractivity contribution in [2.75, 3.05) is 26.4 Å². The van der Waals surface area contributed by atoms with Crippen molar-refractivity contribution in [2.24, 2.45) is 11.8 Å². The molecule has 0 radical (unpaired) electrons. The first-order chi connectivity index (χ1) is 32.3. The average molecular weight is 893 g/mol. The van der Waals surface area contributed by atoms with Crippen LogP contribution in [0.1, 0.15) is 186 Å². The highest BCUT2D eigenvalue weighted by atomic mass is 16.7. The van der Waals surface area contributed by atoms with Crippen LogP contribution in [0.5, 0.6) is 23.0 Å². The van der Waals surface area contributed by atoms with Gasteiger partial charge in [0.2, 0.25) is 0 Å². The predicted octanol–water partition coefficient (Wildman–Crippen LogP) is 12.6. The zero-order valence-electron chi connectivity index (χ0n) is 40.0. The van der Waals surface area contributed by atoms with Crippen LogP contribution in [0.15, 0.2) is 60.7 Å². The summed E-state index contributed by atoms with van der Waals surface area (Å²) in [7, 11) is -1.13. The van der Waals surface area contributed by atoms with Gasteiger partial charge in [-0.05, 0) is 108 Å². The second kappa shape index (κ2) is 27.2. The number of allylic oxidation sites excluding steroid dienone is 4. The van der Waals surface area contributed by atoms with Gasteiger partial charge in [-0.3, -0.25) is 0 Å². The molecule has 0 aromatic heterocycles. The molecule has 6 aliphatic heterocycles. The molecule has 8 aliphatic rings. The van der Waals surface area contributed by atoms with Crippen LogP contribution in [0.25, 0.3) is 0 Å². The average Bonchev–Trinajstić information content (AvgIpc) is 4.10. The fraction of sp³-hybridized carbons (Fsp3) is 0.709. The van der Waals surface area contributed by atoms with E-state index < -0.39 is 14.2 Å². The van der Waals surface area contributed by atoms with E-state index in [1.165, 1.54) is 154 Å². The van der Waals surface area contributed by atoms with Crippen LogP contribution in [-0.4, -0.2) is 65.1 Å².